The molecule has 0 saturated carbocycles. The summed E-state index contributed by atoms with van der Waals surface area (Å²) in [5.74, 6) is 0. The van der Waals surface area contributed by atoms with Crippen LogP contribution in [0.1, 0.15) is 33.6 Å². The third-order valence-electron chi connectivity index (χ3n) is 1.46. The Balaban J connectivity index is 3.83. The van der Waals surface area contributed by atoms with Crippen LogP contribution in [0.4, 0.5) is 0 Å². The molecule has 0 atom stereocenters. The van der Waals surface area contributed by atoms with Crippen molar-refractivity contribution in [3.8, 4) is 0 Å². The molecule has 0 aliphatic carbocycles. The van der Waals surface area contributed by atoms with Crippen molar-refractivity contribution in [2.45, 2.75) is 33.6 Å². The lowest BCUT2D eigenvalue weighted by Gasteiger charge is -2.00. The minimum absolute atomic E-state index is 0.251. The number of rotatable bonds is 5. The molecule has 0 saturated heterocycles. The van der Waals surface area contributed by atoms with E-state index in [1.54, 1.807) is 0 Å². The molecule has 0 aromatic heterocycles. The maximum Gasteiger partial charge on any atom is 0.264 e. The number of hydrogen-bond acceptors (Lipinski definition) is 3. The minimum Gasteiger partial charge on any atom is -0.270 e. The van der Waals surface area contributed by atoms with Crippen LogP contribution in [0, 0.1) is 0 Å². The smallest absolute Gasteiger partial charge is 0.264 e. The van der Waals surface area contributed by atoms with Gasteiger partial charge in [-0.2, -0.15) is 8.42 Å². The van der Waals surface area contributed by atoms with Crippen LogP contribution in [0.25, 0.3) is 0 Å². The van der Waals surface area contributed by atoms with Crippen molar-refractivity contribution >= 4 is 10.1 Å². The van der Waals surface area contributed by atoms with Gasteiger partial charge in [-0.05, 0) is 44.8 Å². The molecule has 0 radical (unpaired) electrons. The maximum absolute atomic E-state index is 10.6. The topological polar surface area (TPSA) is 43.4 Å². The summed E-state index contributed by atoms with van der Waals surface area (Å²) < 4.78 is 25.8. The molecule has 14 heavy (non-hydrogen) atoms. The summed E-state index contributed by atoms with van der Waals surface area (Å²) in [6.07, 6.45) is 2.59. The van der Waals surface area contributed by atoms with E-state index in [0.29, 0.717) is 6.42 Å². The Bertz CT molecular complexity index is 328. The molecule has 0 aromatic rings. The average molecular weight is 218 g/mol. The zero-order valence-electron chi connectivity index (χ0n) is 9.25. The number of hydrogen-bond donors (Lipinski definition) is 0. The van der Waals surface area contributed by atoms with Gasteiger partial charge in [0.25, 0.3) is 10.1 Å². The molecule has 0 N–H and O–H groups in total. The lowest BCUT2D eigenvalue weighted by molar-refractivity contribution is 0.315. The van der Waals surface area contributed by atoms with Crippen LogP contribution in [-0.2, 0) is 14.3 Å². The van der Waals surface area contributed by atoms with Crippen molar-refractivity contribution < 1.29 is 12.6 Å². The molecule has 0 bridgehead atoms. The van der Waals surface area contributed by atoms with Crippen molar-refractivity contribution in [1.82, 2.24) is 0 Å². The number of allylic oxidation sites excluding steroid dienone is 1. The van der Waals surface area contributed by atoms with Gasteiger partial charge in [0.05, 0.1) is 12.9 Å². The highest BCUT2D eigenvalue weighted by atomic mass is 32.2. The van der Waals surface area contributed by atoms with Gasteiger partial charge >= 0.3 is 0 Å². The standard InChI is InChI=1S/C10H18O3S/c1-9(2)8-10(3)6-5-7-13-14(4,11)12/h5-7H2,1-4H3. The second kappa shape index (κ2) is 6.02. The first-order chi connectivity index (χ1) is 6.31. The summed E-state index contributed by atoms with van der Waals surface area (Å²) in [7, 11) is -3.28. The largest absolute Gasteiger partial charge is 0.270 e. The molecule has 0 spiro atoms. The van der Waals surface area contributed by atoms with Gasteiger partial charge in [0.1, 0.15) is 0 Å². The van der Waals surface area contributed by atoms with Crippen LogP contribution >= 0.6 is 0 Å². The molecule has 4 heteroatoms. The molecule has 82 valence electrons. The molecule has 0 fully saturated rings. The zero-order valence-corrected chi connectivity index (χ0v) is 10.1. The van der Waals surface area contributed by atoms with Gasteiger partial charge in [-0.25, -0.2) is 0 Å². The third-order valence-corrected chi connectivity index (χ3v) is 2.05. The molecule has 0 aromatic carbocycles. The van der Waals surface area contributed by atoms with Gasteiger partial charge in [-0.3, -0.25) is 4.18 Å². The van der Waals surface area contributed by atoms with E-state index in [2.05, 4.69) is 9.91 Å². The van der Waals surface area contributed by atoms with Gasteiger partial charge in [0, 0.05) is 0 Å². The molecule has 0 amide bonds. The second-order valence-corrected chi connectivity index (χ2v) is 5.18. The van der Waals surface area contributed by atoms with E-state index < -0.39 is 10.1 Å². The van der Waals surface area contributed by atoms with Crippen LogP contribution in [0.15, 0.2) is 16.9 Å². The first-order valence-electron chi connectivity index (χ1n) is 4.55. The zero-order chi connectivity index (χ0) is 11.2. The molecule has 0 aliphatic heterocycles. The molecule has 0 heterocycles. The Kier molecular flexibility index (Phi) is 5.77. The monoisotopic (exact) mass is 218 g/mol. The van der Waals surface area contributed by atoms with E-state index in [1.807, 2.05) is 20.8 Å². The van der Waals surface area contributed by atoms with E-state index >= 15 is 0 Å². The first kappa shape index (κ1) is 13.4. The van der Waals surface area contributed by atoms with E-state index in [4.69, 9.17) is 0 Å². The molecular weight excluding hydrogens is 200 g/mol. The van der Waals surface area contributed by atoms with E-state index in [1.165, 1.54) is 0 Å². The van der Waals surface area contributed by atoms with Crippen LogP contribution in [0.3, 0.4) is 0 Å². The van der Waals surface area contributed by atoms with Gasteiger partial charge in [-0.15, -0.1) is 5.73 Å². The summed E-state index contributed by atoms with van der Waals surface area (Å²) in [6, 6.07) is 0. The van der Waals surface area contributed by atoms with E-state index in [0.717, 1.165) is 23.8 Å². The molecule has 0 rings (SSSR count). The summed E-state index contributed by atoms with van der Waals surface area (Å²) >= 11 is 0. The third kappa shape index (κ3) is 9.52. The van der Waals surface area contributed by atoms with Crippen LogP contribution in [0.2, 0.25) is 0 Å². The fourth-order valence-corrected chi connectivity index (χ4v) is 1.46. The Labute approximate surface area is 86.6 Å². The van der Waals surface area contributed by atoms with Gasteiger partial charge in [-0.1, -0.05) is 0 Å². The average Bonchev–Trinajstić information content (AvgIpc) is 1.95. The first-order valence-corrected chi connectivity index (χ1v) is 6.37. The van der Waals surface area contributed by atoms with Crippen LogP contribution in [0.5, 0.6) is 0 Å². The Morgan fingerprint density at radius 1 is 1.29 bits per heavy atom. The highest BCUT2D eigenvalue weighted by molar-refractivity contribution is 7.85. The molecule has 3 nitrogen and oxygen atoms in total. The van der Waals surface area contributed by atoms with Crippen LogP contribution < -0.4 is 0 Å². The van der Waals surface area contributed by atoms with Gasteiger partial charge in [0.15, 0.2) is 0 Å². The van der Waals surface area contributed by atoms with Gasteiger partial charge in [0.2, 0.25) is 0 Å². The fraction of sp³-hybridized carbons (Fsp3) is 0.700. The lowest BCUT2D eigenvalue weighted by atomic mass is 10.1. The Hall–Kier alpha value is -0.570. The van der Waals surface area contributed by atoms with Crippen molar-refractivity contribution in [2.24, 2.45) is 0 Å². The Morgan fingerprint density at radius 2 is 1.86 bits per heavy atom. The quantitative estimate of drug-likeness (QED) is 0.404. The fourth-order valence-electron chi connectivity index (χ4n) is 1.04. The molecular formula is C10H18O3S. The summed E-state index contributed by atoms with van der Waals surface area (Å²) in [5, 5.41) is 0. The summed E-state index contributed by atoms with van der Waals surface area (Å²) in [6.45, 7) is 6.20. The van der Waals surface area contributed by atoms with E-state index in [-0.39, 0.29) is 6.61 Å². The predicted molar refractivity (Wildman–Crippen MR) is 57.6 cm³/mol. The van der Waals surface area contributed by atoms with Crippen LogP contribution in [-0.4, -0.2) is 21.3 Å². The summed E-state index contributed by atoms with van der Waals surface area (Å²) in [4.78, 5) is 0. The van der Waals surface area contributed by atoms with Crippen molar-refractivity contribution in [2.75, 3.05) is 12.9 Å². The SMILES string of the molecule is CC(C)=C=C(C)CCCOS(C)(=O)=O. The van der Waals surface area contributed by atoms with Crippen molar-refractivity contribution in [1.29, 1.82) is 0 Å². The maximum atomic E-state index is 10.6. The predicted octanol–water partition coefficient (Wildman–Crippen LogP) is 2.25. The Morgan fingerprint density at radius 3 is 2.29 bits per heavy atom. The van der Waals surface area contributed by atoms with Crippen molar-refractivity contribution in [3.05, 3.63) is 16.9 Å². The lowest BCUT2D eigenvalue weighted by Crippen LogP contribution is -2.03. The minimum atomic E-state index is -3.28. The van der Waals surface area contributed by atoms with Crippen molar-refractivity contribution in [3.63, 3.8) is 0 Å². The second-order valence-electron chi connectivity index (χ2n) is 3.53. The molecule has 0 aliphatic rings. The summed E-state index contributed by atoms with van der Waals surface area (Å²) in [5.41, 5.74) is 5.43. The molecule has 0 unspecified atom stereocenters. The highest BCUT2D eigenvalue weighted by Crippen LogP contribution is 2.04. The van der Waals surface area contributed by atoms with Gasteiger partial charge < -0.3 is 0 Å². The van der Waals surface area contributed by atoms with E-state index in [9.17, 15) is 8.42 Å². The normalized spacial score (nSPS) is 10.9. The highest BCUT2D eigenvalue weighted by Gasteiger charge is 2.00.